The molecule has 0 saturated heterocycles. The number of halogens is 1. The summed E-state index contributed by atoms with van der Waals surface area (Å²) in [7, 11) is -3.24. The number of nitrogens with one attached hydrogen (secondary N) is 1. The van der Waals surface area contributed by atoms with Gasteiger partial charge in [0.25, 0.3) is 5.91 Å². The maximum absolute atomic E-state index is 12.3. The summed E-state index contributed by atoms with van der Waals surface area (Å²) in [5.74, 6) is -0.226. The van der Waals surface area contributed by atoms with Crippen LogP contribution in [0.15, 0.2) is 22.7 Å². The van der Waals surface area contributed by atoms with Crippen molar-refractivity contribution in [2.45, 2.75) is 19.6 Å². The molecule has 2 rings (SSSR count). The highest BCUT2D eigenvalue weighted by molar-refractivity contribution is 7.89. The van der Waals surface area contributed by atoms with E-state index in [-0.39, 0.29) is 5.75 Å². The van der Waals surface area contributed by atoms with Crippen LogP contribution in [0.4, 0.5) is 5.69 Å². The van der Waals surface area contributed by atoms with Crippen LogP contribution < -0.4 is 5.32 Å². The molecule has 8 heteroatoms. The lowest BCUT2D eigenvalue weighted by molar-refractivity contribution is 0.102. The van der Waals surface area contributed by atoms with E-state index >= 15 is 0 Å². The molecular formula is C14H15ClN2O4S. The standard InChI is InChI=1S/C14H15ClN2O4S/c1-8-13(9(2)21-17-8)14(18)16-12-6-11(15)5-4-10(12)7-22(3,19)20/h4-6H,7H2,1-3H3,(H,16,18). The first-order chi connectivity index (χ1) is 10.2. The predicted octanol–water partition coefficient (Wildman–Crippen LogP) is 2.74. The molecule has 1 aromatic carbocycles. The van der Waals surface area contributed by atoms with E-state index in [1.54, 1.807) is 26.0 Å². The van der Waals surface area contributed by atoms with Crippen molar-refractivity contribution >= 4 is 33.0 Å². The largest absolute Gasteiger partial charge is 0.361 e. The first kappa shape index (κ1) is 16.5. The maximum atomic E-state index is 12.3. The number of carbonyl (C=O) groups is 1. The quantitative estimate of drug-likeness (QED) is 0.922. The van der Waals surface area contributed by atoms with E-state index in [2.05, 4.69) is 10.5 Å². The van der Waals surface area contributed by atoms with Gasteiger partial charge in [-0.25, -0.2) is 8.42 Å². The van der Waals surface area contributed by atoms with E-state index in [1.165, 1.54) is 6.07 Å². The molecule has 0 saturated carbocycles. The van der Waals surface area contributed by atoms with Crippen LogP contribution in [0.1, 0.15) is 27.4 Å². The molecule has 0 bridgehead atoms. The number of carbonyl (C=O) groups excluding carboxylic acids is 1. The number of anilines is 1. The van der Waals surface area contributed by atoms with Gasteiger partial charge in [-0.15, -0.1) is 0 Å². The molecule has 6 nitrogen and oxygen atoms in total. The minimum Gasteiger partial charge on any atom is -0.361 e. The Hall–Kier alpha value is -1.86. The number of hydrogen-bond donors (Lipinski definition) is 1. The smallest absolute Gasteiger partial charge is 0.261 e. The van der Waals surface area contributed by atoms with Gasteiger partial charge in [0, 0.05) is 17.0 Å². The number of benzene rings is 1. The molecule has 0 atom stereocenters. The first-order valence-electron chi connectivity index (χ1n) is 6.38. The molecular weight excluding hydrogens is 328 g/mol. The van der Waals surface area contributed by atoms with Crippen molar-refractivity contribution in [1.29, 1.82) is 0 Å². The number of hydrogen-bond acceptors (Lipinski definition) is 5. The fourth-order valence-corrected chi connectivity index (χ4v) is 3.05. The van der Waals surface area contributed by atoms with Crippen LogP contribution in [-0.4, -0.2) is 25.7 Å². The zero-order valence-corrected chi connectivity index (χ0v) is 13.9. The lowest BCUT2D eigenvalue weighted by Crippen LogP contribution is -2.15. The van der Waals surface area contributed by atoms with Crippen molar-refractivity contribution in [1.82, 2.24) is 5.16 Å². The Balaban J connectivity index is 2.36. The lowest BCUT2D eigenvalue weighted by atomic mass is 10.1. The van der Waals surface area contributed by atoms with Crippen LogP contribution >= 0.6 is 11.6 Å². The average Bonchev–Trinajstić information content (AvgIpc) is 2.71. The Morgan fingerprint density at radius 2 is 2.05 bits per heavy atom. The molecule has 1 N–H and O–H groups in total. The second-order valence-corrected chi connectivity index (χ2v) is 7.60. The molecule has 1 amide bonds. The van der Waals surface area contributed by atoms with Crippen molar-refractivity contribution in [2.75, 3.05) is 11.6 Å². The summed E-state index contributed by atoms with van der Waals surface area (Å²) < 4.78 is 27.9. The van der Waals surface area contributed by atoms with Crippen LogP contribution in [0.3, 0.4) is 0 Å². The van der Waals surface area contributed by atoms with Gasteiger partial charge < -0.3 is 9.84 Å². The molecule has 0 aliphatic rings. The van der Waals surface area contributed by atoms with Crippen LogP contribution in [0.2, 0.25) is 5.02 Å². The molecule has 0 radical (unpaired) electrons. The van der Waals surface area contributed by atoms with E-state index in [4.69, 9.17) is 16.1 Å². The number of rotatable bonds is 4. The van der Waals surface area contributed by atoms with Gasteiger partial charge in [-0.2, -0.15) is 0 Å². The zero-order valence-electron chi connectivity index (χ0n) is 12.3. The van der Waals surface area contributed by atoms with Gasteiger partial charge in [-0.05, 0) is 31.5 Å². The highest BCUT2D eigenvalue weighted by atomic mass is 35.5. The molecule has 1 heterocycles. The van der Waals surface area contributed by atoms with E-state index in [1.807, 2.05) is 0 Å². The number of sulfone groups is 1. The fraction of sp³-hybridized carbons (Fsp3) is 0.286. The minimum atomic E-state index is -3.24. The Kier molecular flexibility index (Phi) is 4.58. The zero-order chi connectivity index (χ0) is 16.5. The summed E-state index contributed by atoms with van der Waals surface area (Å²) in [6.07, 6.45) is 1.13. The lowest BCUT2D eigenvalue weighted by Gasteiger charge is -2.11. The van der Waals surface area contributed by atoms with Crippen LogP contribution in [0.25, 0.3) is 0 Å². The third kappa shape index (κ3) is 3.86. The van der Waals surface area contributed by atoms with Crippen molar-refractivity contribution in [3.63, 3.8) is 0 Å². The monoisotopic (exact) mass is 342 g/mol. The topological polar surface area (TPSA) is 89.3 Å². The molecule has 118 valence electrons. The summed E-state index contributed by atoms with van der Waals surface area (Å²) in [4.78, 5) is 12.3. The maximum Gasteiger partial charge on any atom is 0.261 e. The summed E-state index contributed by atoms with van der Waals surface area (Å²) in [6.45, 7) is 3.28. The summed E-state index contributed by atoms with van der Waals surface area (Å²) in [6, 6.07) is 4.66. The normalized spacial score (nSPS) is 11.5. The Labute approximate surface area is 133 Å². The van der Waals surface area contributed by atoms with Crippen molar-refractivity contribution in [3.05, 3.63) is 45.8 Å². The Morgan fingerprint density at radius 3 is 2.59 bits per heavy atom. The molecule has 22 heavy (non-hydrogen) atoms. The molecule has 1 aromatic heterocycles. The Morgan fingerprint density at radius 1 is 1.36 bits per heavy atom. The van der Waals surface area contributed by atoms with Gasteiger partial charge in [0.05, 0.1) is 11.4 Å². The number of nitrogens with zero attached hydrogens (tertiary/aromatic N) is 1. The first-order valence-corrected chi connectivity index (χ1v) is 8.81. The van der Waals surface area contributed by atoms with Gasteiger partial charge >= 0.3 is 0 Å². The SMILES string of the molecule is Cc1noc(C)c1C(=O)Nc1cc(Cl)ccc1CS(C)(=O)=O. The van der Waals surface area contributed by atoms with Gasteiger partial charge in [0.2, 0.25) is 0 Å². The van der Waals surface area contributed by atoms with Crippen molar-refractivity contribution in [3.8, 4) is 0 Å². The Bertz CT molecular complexity index is 808. The molecule has 2 aromatic rings. The van der Waals surface area contributed by atoms with Crippen LogP contribution in [0, 0.1) is 13.8 Å². The number of aryl methyl sites for hydroxylation is 2. The third-order valence-electron chi connectivity index (χ3n) is 3.00. The molecule has 0 aliphatic carbocycles. The number of aromatic nitrogens is 1. The van der Waals surface area contributed by atoms with Gasteiger partial charge in [-0.3, -0.25) is 4.79 Å². The fourth-order valence-electron chi connectivity index (χ4n) is 2.07. The number of amides is 1. The summed E-state index contributed by atoms with van der Waals surface area (Å²) >= 11 is 5.93. The van der Waals surface area contributed by atoms with E-state index in [9.17, 15) is 13.2 Å². The van der Waals surface area contributed by atoms with Crippen LogP contribution in [-0.2, 0) is 15.6 Å². The van der Waals surface area contributed by atoms with Crippen LogP contribution in [0.5, 0.6) is 0 Å². The highest BCUT2D eigenvalue weighted by Gasteiger charge is 2.19. The van der Waals surface area contributed by atoms with Gasteiger partial charge in [0.15, 0.2) is 9.84 Å². The van der Waals surface area contributed by atoms with E-state index in [0.29, 0.717) is 33.3 Å². The summed E-state index contributed by atoms with van der Waals surface area (Å²) in [5.41, 5.74) is 1.60. The second-order valence-electron chi connectivity index (χ2n) is 5.02. The highest BCUT2D eigenvalue weighted by Crippen LogP contribution is 2.24. The van der Waals surface area contributed by atoms with Crippen molar-refractivity contribution in [2.24, 2.45) is 0 Å². The summed E-state index contributed by atoms with van der Waals surface area (Å²) in [5, 5.41) is 6.79. The van der Waals surface area contributed by atoms with E-state index in [0.717, 1.165) is 6.26 Å². The van der Waals surface area contributed by atoms with Crippen molar-refractivity contribution < 1.29 is 17.7 Å². The van der Waals surface area contributed by atoms with E-state index < -0.39 is 15.7 Å². The minimum absolute atomic E-state index is 0.193. The molecule has 0 aliphatic heterocycles. The van der Waals surface area contributed by atoms with Gasteiger partial charge in [-0.1, -0.05) is 22.8 Å². The molecule has 0 fully saturated rings. The van der Waals surface area contributed by atoms with Gasteiger partial charge in [0.1, 0.15) is 11.3 Å². The average molecular weight is 343 g/mol. The second kappa shape index (κ2) is 6.10. The molecule has 0 unspecified atom stereocenters. The molecule has 0 spiro atoms. The predicted molar refractivity (Wildman–Crippen MR) is 83.9 cm³/mol. The third-order valence-corrected chi connectivity index (χ3v) is 4.07.